The van der Waals surface area contributed by atoms with Crippen molar-refractivity contribution in [1.82, 2.24) is 0 Å². The lowest BCUT2D eigenvalue weighted by Crippen LogP contribution is -1.98. The molecule has 0 fully saturated rings. The zero-order chi connectivity index (χ0) is 18.1. The molecule has 0 aliphatic heterocycles. The molecule has 0 aliphatic rings. The quantitative estimate of drug-likeness (QED) is 0.579. The number of hydrogen-bond donors (Lipinski definition) is 2. The number of benzene rings is 2. The second kappa shape index (κ2) is 6.75. The van der Waals surface area contributed by atoms with Gasteiger partial charge in [-0.3, -0.25) is 9.11 Å². The van der Waals surface area contributed by atoms with Gasteiger partial charge in [0.15, 0.2) is 0 Å². The van der Waals surface area contributed by atoms with E-state index in [0.717, 1.165) is 24.3 Å². The van der Waals surface area contributed by atoms with Gasteiger partial charge in [0.1, 0.15) is 16.3 Å². The van der Waals surface area contributed by atoms with Crippen molar-refractivity contribution in [2.75, 3.05) is 0 Å². The van der Waals surface area contributed by atoms with E-state index >= 15 is 0 Å². The van der Waals surface area contributed by atoms with Crippen LogP contribution in [0.4, 0.5) is 11.4 Å². The van der Waals surface area contributed by atoms with Gasteiger partial charge in [0.2, 0.25) is 0 Å². The molecule has 2 N–H and O–H groups in total. The van der Waals surface area contributed by atoms with Gasteiger partial charge in [0.05, 0.1) is 9.92 Å². The van der Waals surface area contributed by atoms with Crippen molar-refractivity contribution in [2.24, 2.45) is 10.2 Å². The summed E-state index contributed by atoms with van der Waals surface area (Å²) in [6, 6.07) is 6.72. The Labute approximate surface area is 147 Å². The molecule has 2 aromatic carbocycles. The molecular weight excluding hydrogens is 403 g/mol. The Bertz CT molecular complexity index is 1040. The van der Waals surface area contributed by atoms with E-state index in [1.54, 1.807) is 0 Å². The van der Waals surface area contributed by atoms with Crippen molar-refractivity contribution in [3.63, 3.8) is 0 Å². The number of nitrogens with zero attached hydrogens (tertiary/aromatic N) is 2. The number of rotatable bonds is 4. The molecule has 128 valence electrons. The second-order valence-corrected chi connectivity index (χ2v) is 8.03. The van der Waals surface area contributed by atoms with Crippen molar-refractivity contribution in [2.45, 2.75) is 9.79 Å². The Morgan fingerprint density at radius 2 is 1.38 bits per heavy atom. The molecule has 2 aromatic rings. The van der Waals surface area contributed by atoms with Crippen molar-refractivity contribution in [3.05, 3.63) is 46.4 Å². The first kappa shape index (κ1) is 18.8. The van der Waals surface area contributed by atoms with Crippen molar-refractivity contribution >= 4 is 54.8 Å². The zero-order valence-electron chi connectivity index (χ0n) is 11.5. The Morgan fingerprint density at radius 3 is 1.92 bits per heavy atom. The Kier molecular flexibility index (Phi) is 5.28. The number of azo groups is 1. The third kappa shape index (κ3) is 4.50. The van der Waals surface area contributed by atoms with Gasteiger partial charge in [0, 0.05) is 5.02 Å². The molecule has 0 atom stereocenters. The smallest absolute Gasteiger partial charge is 0.282 e. The van der Waals surface area contributed by atoms with E-state index in [2.05, 4.69) is 10.2 Å². The van der Waals surface area contributed by atoms with Crippen LogP contribution in [-0.2, 0) is 20.2 Å². The van der Waals surface area contributed by atoms with Crippen molar-refractivity contribution in [1.29, 1.82) is 0 Å². The molecule has 0 amide bonds. The van der Waals surface area contributed by atoms with Gasteiger partial charge in [-0.15, -0.1) is 10.2 Å². The van der Waals surface area contributed by atoms with E-state index in [0.29, 0.717) is 0 Å². The molecule has 0 saturated heterocycles. The predicted molar refractivity (Wildman–Crippen MR) is 86.7 cm³/mol. The monoisotopic (exact) mass is 410 g/mol. The maximum absolute atomic E-state index is 11.3. The maximum Gasteiger partial charge on any atom is 0.296 e. The molecule has 0 bridgehead atoms. The lowest BCUT2D eigenvalue weighted by Gasteiger charge is -2.03. The standard InChI is InChI=1S/C12H8Cl2N2O6S2/c13-7-1-3-11(12(5-7)24(20,21)22)16-15-10-4-2-8(6-9(10)14)23(17,18)19/h1-6H,(H,17,18,19)(H,20,21,22). The van der Waals surface area contributed by atoms with Crippen LogP contribution >= 0.6 is 23.2 Å². The van der Waals surface area contributed by atoms with Crippen LogP contribution in [-0.4, -0.2) is 25.9 Å². The van der Waals surface area contributed by atoms with Crippen LogP contribution < -0.4 is 0 Å². The van der Waals surface area contributed by atoms with Crippen LogP contribution in [0.3, 0.4) is 0 Å². The first-order valence-electron chi connectivity index (χ1n) is 5.94. The minimum atomic E-state index is -4.58. The summed E-state index contributed by atoms with van der Waals surface area (Å²) in [4.78, 5) is -0.985. The summed E-state index contributed by atoms with van der Waals surface area (Å²) < 4.78 is 62.7. The molecule has 24 heavy (non-hydrogen) atoms. The minimum Gasteiger partial charge on any atom is -0.282 e. The maximum atomic E-state index is 11.3. The fourth-order valence-corrected chi connectivity index (χ4v) is 3.29. The van der Waals surface area contributed by atoms with E-state index in [1.165, 1.54) is 12.1 Å². The molecule has 8 nitrogen and oxygen atoms in total. The lowest BCUT2D eigenvalue weighted by atomic mass is 10.3. The Morgan fingerprint density at radius 1 is 0.792 bits per heavy atom. The van der Waals surface area contributed by atoms with Gasteiger partial charge >= 0.3 is 0 Å². The van der Waals surface area contributed by atoms with Gasteiger partial charge in [-0.1, -0.05) is 23.2 Å². The summed E-state index contributed by atoms with van der Waals surface area (Å²) in [5, 5.41) is 7.29. The van der Waals surface area contributed by atoms with Crippen LogP contribution in [0.1, 0.15) is 0 Å². The third-order valence-corrected chi connectivity index (χ3v) is 4.95. The summed E-state index contributed by atoms with van der Waals surface area (Å²) in [6.45, 7) is 0. The molecule has 0 unspecified atom stereocenters. The third-order valence-electron chi connectivity index (χ3n) is 2.68. The summed E-state index contributed by atoms with van der Waals surface area (Å²) in [6.07, 6.45) is 0. The lowest BCUT2D eigenvalue weighted by molar-refractivity contribution is 0.481. The van der Waals surface area contributed by atoms with Gasteiger partial charge < -0.3 is 0 Å². The fourth-order valence-electron chi connectivity index (χ4n) is 1.61. The summed E-state index contributed by atoms with van der Waals surface area (Å²) in [7, 11) is -9.00. The fraction of sp³-hybridized carbons (Fsp3) is 0. The molecular formula is C12H8Cl2N2O6S2. The molecule has 0 radical (unpaired) electrons. The summed E-state index contributed by atoms with van der Waals surface area (Å²) >= 11 is 11.5. The van der Waals surface area contributed by atoms with Crippen molar-refractivity contribution in [3.8, 4) is 0 Å². The van der Waals surface area contributed by atoms with Gasteiger partial charge in [-0.25, -0.2) is 0 Å². The van der Waals surface area contributed by atoms with Gasteiger partial charge in [0.25, 0.3) is 20.2 Å². The molecule has 0 aromatic heterocycles. The number of halogens is 2. The normalized spacial score (nSPS) is 12.7. The molecule has 2 rings (SSSR count). The van der Waals surface area contributed by atoms with Crippen LogP contribution in [0.2, 0.25) is 10.0 Å². The highest BCUT2D eigenvalue weighted by Gasteiger charge is 2.16. The topological polar surface area (TPSA) is 133 Å². The second-order valence-electron chi connectivity index (χ2n) is 4.38. The molecule has 0 aliphatic carbocycles. The van der Waals surface area contributed by atoms with E-state index in [-0.39, 0.29) is 21.4 Å². The van der Waals surface area contributed by atoms with Crippen molar-refractivity contribution < 1.29 is 25.9 Å². The first-order chi connectivity index (χ1) is 11.0. The molecule has 0 spiro atoms. The number of hydrogen-bond acceptors (Lipinski definition) is 6. The van der Waals surface area contributed by atoms with E-state index in [4.69, 9.17) is 32.3 Å². The summed E-state index contributed by atoms with van der Waals surface area (Å²) in [5.41, 5.74) is -0.183. The highest BCUT2D eigenvalue weighted by atomic mass is 35.5. The minimum absolute atomic E-state index is 0.0142. The first-order valence-corrected chi connectivity index (χ1v) is 9.58. The molecule has 0 heterocycles. The van der Waals surface area contributed by atoms with Crippen LogP contribution in [0.25, 0.3) is 0 Å². The van der Waals surface area contributed by atoms with Crippen LogP contribution in [0.15, 0.2) is 56.4 Å². The summed E-state index contributed by atoms with van der Waals surface area (Å²) in [5.74, 6) is 0. The molecule has 0 saturated carbocycles. The molecule has 12 heteroatoms. The SMILES string of the molecule is O=S(=O)(O)c1ccc(N=Nc2ccc(Cl)cc2S(=O)(=O)O)c(Cl)c1. The highest BCUT2D eigenvalue weighted by molar-refractivity contribution is 7.86. The predicted octanol–water partition coefficient (Wildman–Crippen LogP) is 3.90. The average Bonchev–Trinajstić information content (AvgIpc) is 2.45. The van der Waals surface area contributed by atoms with Crippen LogP contribution in [0, 0.1) is 0 Å². The van der Waals surface area contributed by atoms with Crippen LogP contribution in [0.5, 0.6) is 0 Å². The highest BCUT2D eigenvalue weighted by Crippen LogP contribution is 2.32. The Hall–Kier alpha value is -1.56. The Balaban J connectivity index is 2.46. The van der Waals surface area contributed by atoms with Gasteiger partial charge in [-0.05, 0) is 36.4 Å². The van der Waals surface area contributed by atoms with E-state index < -0.39 is 30.0 Å². The average molecular weight is 411 g/mol. The van der Waals surface area contributed by atoms with E-state index in [1.807, 2.05) is 0 Å². The zero-order valence-corrected chi connectivity index (χ0v) is 14.6. The largest absolute Gasteiger partial charge is 0.296 e. The van der Waals surface area contributed by atoms with E-state index in [9.17, 15) is 16.8 Å². The van der Waals surface area contributed by atoms with Gasteiger partial charge in [-0.2, -0.15) is 16.8 Å².